The molecule has 1 atom stereocenters. The Morgan fingerprint density at radius 3 is 3.16 bits per heavy atom. The summed E-state index contributed by atoms with van der Waals surface area (Å²) in [4.78, 5) is 13.3. The van der Waals surface area contributed by atoms with E-state index in [0.717, 1.165) is 29.2 Å². The first-order valence-electron chi connectivity index (χ1n) is 6.16. The Labute approximate surface area is 119 Å². The lowest BCUT2D eigenvalue weighted by molar-refractivity contribution is 0.0895. The number of carbonyl (C=O) groups is 1. The summed E-state index contributed by atoms with van der Waals surface area (Å²) in [5.74, 6) is 0.0340. The number of nitrogens with zero attached hydrogens (tertiary/aromatic N) is 1. The van der Waals surface area contributed by atoms with E-state index < -0.39 is 0 Å². The van der Waals surface area contributed by atoms with Gasteiger partial charge in [0.2, 0.25) is 5.76 Å². The maximum atomic E-state index is 12.1. The van der Waals surface area contributed by atoms with Crippen LogP contribution in [0.4, 0.5) is 0 Å². The molecule has 2 aromatic rings. The van der Waals surface area contributed by atoms with E-state index in [1.165, 1.54) is 4.88 Å². The molecule has 2 aromatic heterocycles. The van der Waals surface area contributed by atoms with E-state index in [-0.39, 0.29) is 17.7 Å². The van der Waals surface area contributed by atoms with Crippen molar-refractivity contribution in [1.82, 2.24) is 10.5 Å². The fourth-order valence-electron chi connectivity index (χ4n) is 2.37. The fourth-order valence-corrected chi connectivity index (χ4v) is 3.75. The number of amides is 1. The first-order chi connectivity index (χ1) is 9.13. The zero-order chi connectivity index (χ0) is 13.4. The number of rotatable bonds is 2. The Bertz CT molecular complexity index is 620. The third kappa shape index (κ3) is 2.53. The van der Waals surface area contributed by atoms with Gasteiger partial charge in [-0.2, -0.15) is 0 Å². The van der Waals surface area contributed by atoms with E-state index in [1.807, 2.05) is 6.07 Å². The highest BCUT2D eigenvalue weighted by atomic mass is 35.5. The summed E-state index contributed by atoms with van der Waals surface area (Å²) in [6.07, 6.45) is 3.03. The highest BCUT2D eigenvalue weighted by Gasteiger charge is 2.25. The molecule has 0 aliphatic heterocycles. The summed E-state index contributed by atoms with van der Waals surface area (Å²) in [6, 6.07) is 3.61. The lowest BCUT2D eigenvalue weighted by Gasteiger charge is -2.22. The zero-order valence-electron chi connectivity index (χ0n) is 10.4. The highest BCUT2D eigenvalue weighted by Crippen LogP contribution is 2.37. The van der Waals surface area contributed by atoms with Gasteiger partial charge in [0.05, 0.1) is 16.1 Å². The molecule has 0 saturated carbocycles. The molecule has 2 heterocycles. The lowest BCUT2D eigenvalue weighted by atomic mass is 9.94. The Kier molecular flexibility index (Phi) is 3.33. The molecule has 0 bridgehead atoms. The quantitative estimate of drug-likeness (QED) is 0.922. The van der Waals surface area contributed by atoms with Gasteiger partial charge in [-0.15, -0.1) is 11.3 Å². The van der Waals surface area contributed by atoms with Crippen LogP contribution >= 0.6 is 22.9 Å². The molecular weight excluding hydrogens is 284 g/mol. The summed E-state index contributed by atoms with van der Waals surface area (Å²) < 4.78 is 5.75. The number of aromatic nitrogens is 1. The molecule has 1 amide bonds. The number of thiophene rings is 1. The van der Waals surface area contributed by atoms with Gasteiger partial charge in [0.15, 0.2) is 0 Å². The van der Waals surface area contributed by atoms with E-state index in [4.69, 9.17) is 16.1 Å². The van der Waals surface area contributed by atoms with Crippen molar-refractivity contribution in [1.29, 1.82) is 0 Å². The predicted octanol–water partition coefficient (Wildman–Crippen LogP) is 3.51. The number of nitrogens with one attached hydrogen (secondary N) is 1. The lowest BCUT2D eigenvalue weighted by Crippen LogP contribution is -2.30. The van der Waals surface area contributed by atoms with Gasteiger partial charge in [-0.1, -0.05) is 16.8 Å². The standard InChI is InChI=1S/C13H13ClN2O2S/c1-7-5-10(18-16-7)13(17)15-9-3-2-4-11-8(9)6-12(14)19-11/h5-6,9H,2-4H2,1H3,(H,15,17). The molecule has 1 aliphatic rings. The van der Waals surface area contributed by atoms with Crippen molar-refractivity contribution in [3.05, 3.63) is 38.4 Å². The monoisotopic (exact) mass is 296 g/mol. The number of carbonyl (C=O) groups excluding carboxylic acids is 1. The van der Waals surface area contributed by atoms with Crippen LogP contribution in [0.1, 0.15) is 45.6 Å². The van der Waals surface area contributed by atoms with Crippen LogP contribution in [0.5, 0.6) is 0 Å². The second-order valence-corrected chi connectivity index (χ2v) is 6.45. The molecule has 0 aromatic carbocycles. The first-order valence-corrected chi connectivity index (χ1v) is 7.35. The second-order valence-electron chi connectivity index (χ2n) is 4.68. The number of hydrogen-bond acceptors (Lipinski definition) is 4. The maximum Gasteiger partial charge on any atom is 0.290 e. The van der Waals surface area contributed by atoms with Gasteiger partial charge in [0.25, 0.3) is 5.91 Å². The van der Waals surface area contributed by atoms with Crippen molar-refractivity contribution in [3.63, 3.8) is 0 Å². The van der Waals surface area contributed by atoms with Crippen molar-refractivity contribution in [2.75, 3.05) is 0 Å². The third-order valence-corrected chi connectivity index (χ3v) is 4.58. The van der Waals surface area contributed by atoms with Gasteiger partial charge < -0.3 is 9.84 Å². The van der Waals surface area contributed by atoms with Gasteiger partial charge in [-0.25, -0.2) is 0 Å². The number of fused-ring (bicyclic) bond motifs is 1. The minimum atomic E-state index is -0.222. The van der Waals surface area contributed by atoms with E-state index in [1.54, 1.807) is 24.3 Å². The van der Waals surface area contributed by atoms with Crippen LogP contribution in [0.25, 0.3) is 0 Å². The Morgan fingerprint density at radius 2 is 2.42 bits per heavy atom. The number of halogens is 1. The topological polar surface area (TPSA) is 55.1 Å². The van der Waals surface area contributed by atoms with Crippen LogP contribution in [0.2, 0.25) is 4.34 Å². The molecule has 0 spiro atoms. The second kappa shape index (κ2) is 4.98. The first kappa shape index (κ1) is 12.7. The summed E-state index contributed by atoms with van der Waals surface area (Å²) in [6.45, 7) is 1.79. The van der Waals surface area contributed by atoms with Crippen molar-refractivity contribution >= 4 is 28.8 Å². The van der Waals surface area contributed by atoms with Crippen LogP contribution in [-0.4, -0.2) is 11.1 Å². The van der Waals surface area contributed by atoms with Crippen LogP contribution in [0.15, 0.2) is 16.7 Å². The van der Waals surface area contributed by atoms with E-state index in [2.05, 4.69) is 10.5 Å². The smallest absolute Gasteiger partial charge is 0.290 e. The van der Waals surface area contributed by atoms with Crippen molar-refractivity contribution in [3.8, 4) is 0 Å². The fraction of sp³-hybridized carbons (Fsp3) is 0.385. The Morgan fingerprint density at radius 1 is 1.58 bits per heavy atom. The largest absolute Gasteiger partial charge is 0.351 e. The summed E-state index contributed by atoms with van der Waals surface area (Å²) in [5.41, 5.74) is 1.85. The molecule has 0 saturated heterocycles. The average Bonchev–Trinajstić information content (AvgIpc) is 2.95. The molecular formula is C13H13ClN2O2S. The number of aryl methyl sites for hydroxylation is 2. The van der Waals surface area contributed by atoms with Crippen molar-refractivity contribution in [2.24, 2.45) is 0 Å². The predicted molar refractivity (Wildman–Crippen MR) is 73.7 cm³/mol. The molecule has 0 radical (unpaired) electrons. The van der Waals surface area contributed by atoms with Crippen LogP contribution < -0.4 is 5.32 Å². The van der Waals surface area contributed by atoms with Gasteiger partial charge >= 0.3 is 0 Å². The summed E-state index contributed by atoms with van der Waals surface area (Å²) >= 11 is 7.65. The molecule has 100 valence electrons. The van der Waals surface area contributed by atoms with E-state index in [9.17, 15) is 4.79 Å². The number of hydrogen-bond donors (Lipinski definition) is 1. The van der Waals surface area contributed by atoms with Gasteiger partial charge in [0.1, 0.15) is 0 Å². The van der Waals surface area contributed by atoms with Crippen LogP contribution in [0.3, 0.4) is 0 Å². The zero-order valence-corrected chi connectivity index (χ0v) is 12.0. The third-order valence-electron chi connectivity index (χ3n) is 3.24. The molecule has 4 nitrogen and oxygen atoms in total. The minimum Gasteiger partial charge on any atom is -0.351 e. The molecule has 1 unspecified atom stereocenters. The molecule has 6 heteroatoms. The highest BCUT2D eigenvalue weighted by molar-refractivity contribution is 7.16. The van der Waals surface area contributed by atoms with E-state index in [0.29, 0.717) is 5.69 Å². The van der Waals surface area contributed by atoms with Gasteiger partial charge in [-0.05, 0) is 37.8 Å². The van der Waals surface area contributed by atoms with Gasteiger partial charge in [0, 0.05) is 10.9 Å². The normalized spacial score (nSPS) is 18.1. The average molecular weight is 297 g/mol. The van der Waals surface area contributed by atoms with Crippen molar-refractivity contribution < 1.29 is 9.32 Å². The van der Waals surface area contributed by atoms with Gasteiger partial charge in [-0.3, -0.25) is 4.79 Å². The van der Waals surface area contributed by atoms with Crippen LogP contribution in [0, 0.1) is 6.92 Å². The van der Waals surface area contributed by atoms with Crippen LogP contribution in [-0.2, 0) is 6.42 Å². The summed E-state index contributed by atoms with van der Waals surface area (Å²) in [5, 5.41) is 6.72. The Balaban J connectivity index is 1.79. The molecule has 1 aliphatic carbocycles. The molecule has 1 N–H and O–H groups in total. The Hall–Kier alpha value is -1.33. The molecule has 3 rings (SSSR count). The van der Waals surface area contributed by atoms with E-state index >= 15 is 0 Å². The SMILES string of the molecule is Cc1cc(C(=O)NC2CCCc3sc(Cl)cc32)on1. The summed E-state index contributed by atoms with van der Waals surface area (Å²) in [7, 11) is 0. The maximum absolute atomic E-state index is 12.1. The molecule has 0 fully saturated rings. The molecule has 19 heavy (non-hydrogen) atoms. The van der Waals surface area contributed by atoms with Crippen molar-refractivity contribution in [2.45, 2.75) is 32.2 Å². The minimum absolute atomic E-state index is 0.0189.